The van der Waals surface area contributed by atoms with Gasteiger partial charge in [0.25, 0.3) is 5.91 Å². The van der Waals surface area contributed by atoms with Gasteiger partial charge in [-0.2, -0.15) is 5.10 Å². The van der Waals surface area contributed by atoms with Crippen LogP contribution in [0.1, 0.15) is 30.3 Å². The first kappa shape index (κ1) is 16.0. The van der Waals surface area contributed by atoms with Gasteiger partial charge in [-0.25, -0.2) is 9.07 Å². The van der Waals surface area contributed by atoms with Crippen LogP contribution in [-0.4, -0.2) is 38.5 Å². The van der Waals surface area contributed by atoms with Gasteiger partial charge in [0.1, 0.15) is 11.5 Å². The molecule has 0 bridgehead atoms. The van der Waals surface area contributed by atoms with E-state index in [0.29, 0.717) is 12.8 Å². The third-order valence-corrected chi connectivity index (χ3v) is 3.18. The molecule has 0 aliphatic carbocycles. The van der Waals surface area contributed by atoms with Crippen molar-refractivity contribution in [2.24, 2.45) is 0 Å². The highest BCUT2D eigenvalue weighted by Gasteiger charge is 2.19. The number of carbonyl (C=O) groups is 1. The number of hydrogen-bond donors (Lipinski definition) is 3. The first-order chi connectivity index (χ1) is 10.5. The predicted octanol–water partition coefficient (Wildman–Crippen LogP) is 1.61. The number of aliphatic hydroxyl groups excluding tert-OH is 1. The van der Waals surface area contributed by atoms with Crippen LogP contribution < -0.4 is 5.32 Å². The van der Waals surface area contributed by atoms with Crippen molar-refractivity contribution in [3.63, 3.8) is 0 Å². The number of rotatable bonds is 6. The summed E-state index contributed by atoms with van der Waals surface area (Å²) >= 11 is 0. The molecule has 2 rings (SSSR count). The fourth-order valence-corrected chi connectivity index (χ4v) is 2.05. The predicted molar refractivity (Wildman–Crippen MR) is 78.4 cm³/mol. The number of para-hydroxylation sites is 1. The average molecular weight is 307 g/mol. The fourth-order valence-electron chi connectivity index (χ4n) is 2.05. The summed E-state index contributed by atoms with van der Waals surface area (Å²) in [5.41, 5.74) is -0.0238. The van der Waals surface area contributed by atoms with E-state index in [1.54, 1.807) is 19.1 Å². The summed E-state index contributed by atoms with van der Waals surface area (Å²) in [6, 6.07) is 5.77. The molecule has 1 aromatic carbocycles. The molecule has 0 saturated heterocycles. The molecule has 0 radical (unpaired) electrons. The summed E-state index contributed by atoms with van der Waals surface area (Å²) in [5.74, 6) is -1.37. The molecule has 0 aliphatic heterocycles. The van der Waals surface area contributed by atoms with Crippen LogP contribution in [0.3, 0.4) is 0 Å². The number of carbonyl (C=O) groups excluding carboxylic acids is 1. The molecular formula is C15H18FN3O3. The molecule has 118 valence electrons. The highest BCUT2D eigenvalue weighted by Crippen LogP contribution is 2.20. The third kappa shape index (κ3) is 3.62. The van der Waals surface area contributed by atoms with Gasteiger partial charge in [0.2, 0.25) is 0 Å². The normalized spacial score (nSPS) is 12.1. The van der Waals surface area contributed by atoms with Gasteiger partial charge in [-0.05, 0) is 31.9 Å². The van der Waals surface area contributed by atoms with Crippen molar-refractivity contribution in [2.75, 3.05) is 6.61 Å². The Morgan fingerprint density at radius 3 is 2.86 bits per heavy atom. The average Bonchev–Trinajstić information content (AvgIpc) is 2.87. The van der Waals surface area contributed by atoms with Crippen LogP contribution in [0.2, 0.25) is 0 Å². The Morgan fingerprint density at radius 2 is 2.18 bits per heavy atom. The van der Waals surface area contributed by atoms with E-state index in [1.807, 2.05) is 0 Å². The van der Waals surface area contributed by atoms with Crippen LogP contribution in [0.25, 0.3) is 5.69 Å². The van der Waals surface area contributed by atoms with Gasteiger partial charge in [0, 0.05) is 12.6 Å². The molecule has 22 heavy (non-hydrogen) atoms. The molecule has 6 nitrogen and oxygen atoms in total. The van der Waals surface area contributed by atoms with Crippen LogP contribution in [-0.2, 0) is 0 Å². The first-order valence-electron chi connectivity index (χ1n) is 6.98. The van der Waals surface area contributed by atoms with Crippen molar-refractivity contribution in [1.29, 1.82) is 0 Å². The van der Waals surface area contributed by atoms with Crippen molar-refractivity contribution in [1.82, 2.24) is 15.1 Å². The van der Waals surface area contributed by atoms with E-state index in [-0.39, 0.29) is 29.8 Å². The maximum Gasteiger partial charge on any atom is 0.275 e. The number of benzene rings is 1. The van der Waals surface area contributed by atoms with E-state index in [0.717, 1.165) is 4.68 Å². The summed E-state index contributed by atoms with van der Waals surface area (Å²) < 4.78 is 14.8. The van der Waals surface area contributed by atoms with E-state index in [1.165, 1.54) is 18.3 Å². The number of nitrogens with zero attached hydrogens (tertiary/aromatic N) is 2. The second-order valence-electron chi connectivity index (χ2n) is 5.00. The number of aromatic nitrogens is 2. The van der Waals surface area contributed by atoms with Crippen molar-refractivity contribution >= 4 is 5.91 Å². The number of hydrogen-bond acceptors (Lipinski definition) is 4. The van der Waals surface area contributed by atoms with Gasteiger partial charge < -0.3 is 15.5 Å². The summed E-state index contributed by atoms with van der Waals surface area (Å²) in [4.78, 5) is 12.1. The number of aromatic hydroxyl groups is 1. The molecule has 1 amide bonds. The standard InChI is InChI=1S/C15H18FN3O3/c1-10(5-4-8-20)17-15(22)14-13(21)9-19(18-14)12-7-3-2-6-11(12)16/h2-3,6-7,9-10,20-21H,4-5,8H2,1H3,(H,17,22). The Bertz CT molecular complexity index is 657. The SMILES string of the molecule is CC(CCCO)NC(=O)c1nn(-c2ccccc2F)cc1O. The highest BCUT2D eigenvalue weighted by molar-refractivity contribution is 5.95. The largest absolute Gasteiger partial charge is 0.504 e. The lowest BCUT2D eigenvalue weighted by Crippen LogP contribution is -2.33. The Kier molecular flexibility index (Phi) is 5.11. The van der Waals surface area contributed by atoms with E-state index in [2.05, 4.69) is 10.4 Å². The molecule has 0 saturated carbocycles. The van der Waals surface area contributed by atoms with Gasteiger partial charge >= 0.3 is 0 Å². The third-order valence-electron chi connectivity index (χ3n) is 3.18. The Hall–Kier alpha value is -2.41. The maximum absolute atomic E-state index is 13.7. The molecule has 1 heterocycles. The summed E-state index contributed by atoms with van der Waals surface area (Å²) in [7, 11) is 0. The second kappa shape index (κ2) is 7.04. The topological polar surface area (TPSA) is 87.4 Å². The molecule has 1 atom stereocenters. The zero-order valence-corrected chi connectivity index (χ0v) is 12.2. The van der Waals surface area contributed by atoms with Gasteiger partial charge in [0.15, 0.2) is 11.4 Å². The monoisotopic (exact) mass is 307 g/mol. The van der Waals surface area contributed by atoms with Gasteiger partial charge in [-0.3, -0.25) is 4.79 Å². The molecule has 0 fully saturated rings. The van der Waals surface area contributed by atoms with Gasteiger partial charge in [-0.15, -0.1) is 0 Å². The quantitative estimate of drug-likeness (QED) is 0.756. The number of amides is 1. The molecule has 0 aliphatic rings. The van der Waals surface area contributed by atoms with E-state index < -0.39 is 11.7 Å². The van der Waals surface area contributed by atoms with E-state index >= 15 is 0 Å². The smallest absolute Gasteiger partial charge is 0.275 e. The van der Waals surface area contributed by atoms with Crippen LogP contribution in [0.15, 0.2) is 30.5 Å². The van der Waals surface area contributed by atoms with Crippen molar-refractivity contribution in [3.05, 3.63) is 42.0 Å². The van der Waals surface area contributed by atoms with Crippen LogP contribution in [0.4, 0.5) is 4.39 Å². The minimum absolute atomic E-state index is 0.0490. The lowest BCUT2D eigenvalue weighted by atomic mass is 10.2. The molecule has 1 aromatic heterocycles. The maximum atomic E-state index is 13.7. The molecule has 1 unspecified atom stereocenters. The van der Waals surface area contributed by atoms with E-state index in [9.17, 15) is 14.3 Å². The molecule has 2 aromatic rings. The minimum atomic E-state index is -0.543. The summed E-state index contributed by atoms with van der Waals surface area (Å²) in [5, 5.41) is 25.2. The van der Waals surface area contributed by atoms with Crippen molar-refractivity contribution < 1.29 is 19.4 Å². The van der Waals surface area contributed by atoms with Gasteiger partial charge in [0.05, 0.1) is 6.20 Å². The molecule has 3 N–H and O–H groups in total. The zero-order chi connectivity index (χ0) is 16.1. The molecular weight excluding hydrogens is 289 g/mol. The Balaban J connectivity index is 2.16. The summed E-state index contributed by atoms with van der Waals surface area (Å²) in [6.07, 6.45) is 2.36. The zero-order valence-electron chi connectivity index (χ0n) is 12.2. The molecule has 0 spiro atoms. The number of nitrogens with one attached hydrogen (secondary N) is 1. The lowest BCUT2D eigenvalue weighted by Gasteiger charge is -2.11. The van der Waals surface area contributed by atoms with Gasteiger partial charge in [-0.1, -0.05) is 12.1 Å². The highest BCUT2D eigenvalue weighted by atomic mass is 19.1. The van der Waals surface area contributed by atoms with E-state index in [4.69, 9.17) is 5.11 Å². The van der Waals surface area contributed by atoms with Crippen LogP contribution >= 0.6 is 0 Å². The Labute approximate surface area is 127 Å². The molecule has 7 heteroatoms. The van der Waals surface area contributed by atoms with Crippen molar-refractivity contribution in [2.45, 2.75) is 25.8 Å². The second-order valence-corrected chi connectivity index (χ2v) is 5.00. The first-order valence-corrected chi connectivity index (χ1v) is 6.98. The number of halogens is 1. The van der Waals surface area contributed by atoms with Crippen molar-refractivity contribution in [3.8, 4) is 11.4 Å². The number of aliphatic hydroxyl groups is 1. The fraction of sp³-hybridized carbons (Fsp3) is 0.333. The Morgan fingerprint density at radius 1 is 1.45 bits per heavy atom. The lowest BCUT2D eigenvalue weighted by molar-refractivity contribution is 0.0928. The minimum Gasteiger partial charge on any atom is -0.504 e. The van der Waals surface area contributed by atoms with Crippen LogP contribution in [0.5, 0.6) is 5.75 Å². The summed E-state index contributed by atoms with van der Waals surface area (Å²) in [6.45, 7) is 1.84. The van der Waals surface area contributed by atoms with Crippen LogP contribution in [0, 0.1) is 5.82 Å².